The molecule has 3 heteroatoms. The number of pyridine rings is 1. The lowest BCUT2D eigenvalue weighted by Crippen LogP contribution is -1.94. The predicted molar refractivity (Wildman–Crippen MR) is 54.9 cm³/mol. The fourth-order valence-electron chi connectivity index (χ4n) is 0.970. The van der Waals surface area contributed by atoms with Gasteiger partial charge in [0, 0.05) is 12.7 Å². The van der Waals surface area contributed by atoms with Crippen LogP contribution in [-0.2, 0) is 0 Å². The zero-order chi connectivity index (χ0) is 8.97. The number of nitrogens with zero attached hydrogens (tertiary/aromatic N) is 1. The molecule has 2 nitrogen and oxygen atoms in total. The van der Waals surface area contributed by atoms with E-state index in [-0.39, 0.29) is 0 Å². The summed E-state index contributed by atoms with van der Waals surface area (Å²) < 4.78 is 0. The van der Waals surface area contributed by atoms with Crippen molar-refractivity contribution in [2.45, 2.75) is 18.9 Å². The molecule has 66 valence electrons. The summed E-state index contributed by atoms with van der Waals surface area (Å²) in [6.45, 7) is 4.15. The molecular formula is C9H14N2S. The molecule has 0 aliphatic carbocycles. The number of hydrogen-bond acceptors (Lipinski definition) is 3. The van der Waals surface area contributed by atoms with Crippen LogP contribution < -0.4 is 5.32 Å². The van der Waals surface area contributed by atoms with Gasteiger partial charge >= 0.3 is 0 Å². The minimum Gasteiger partial charge on any atom is -0.386 e. The van der Waals surface area contributed by atoms with E-state index in [2.05, 4.69) is 23.3 Å². The summed E-state index contributed by atoms with van der Waals surface area (Å²) in [6.07, 6.45) is 0. The highest BCUT2D eigenvalue weighted by Gasteiger charge is 2.01. The predicted octanol–water partition coefficient (Wildman–Crippen LogP) is 2.54. The Morgan fingerprint density at radius 2 is 2.25 bits per heavy atom. The van der Waals surface area contributed by atoms with E-state index in [0.717, 1.165) is 22.2 Å². The Labute approximate surface area is 77.8 Å². The van der Waals surface area contributed by atoms with Crippen molar-refractivity contribution in [3.8, 4) is 0 Å². The first kappa shape index (κ1) is 9.39. The standard InChI is InChI=1S/C9H14N2S/c1-4-12-9-8(10-3)6-5-7(2)11-9/h5-6,10H,4H2,1-3H3. The van der Waals surface area contributed by atoms with Crippen LogP contribution in [0.4, 0.5) is 5.69 Å². The first-order chi connectivity index (χ1) is 5.77. The third-order valence-corrected chi connectivity index (χ3v) is 2.42. The molecule has 1 aromatic heterocycles. The van der Waals surface area contributed by atoms with Crippen LogP contribution in [-0.4, -0.2) is 17.8 Å². The van der Waals surface area contributed by atoms with Gasteiger partial charge in [-0.15, -0.1) is 11.8 Å². The second-order valence-corrected chi connectivity index (χ2v) is 3.74. The average Bonchev–Trinajstić information content (AvgIpc) is 2.05. The third kappa shape index (κ3) is 2.14. The number of hydrogen-bond donors (Lipinski definition) is 1. The molecule has 1 heterocycles. The maximum atomic E-state index is 4.43. The number of aryl methyl sites for hydroxylation is 1. The van der Waals surface area contributed by atoms with Crippen LogP contribution >= 0.6 is 11.8 Å². The molecule has 0 fully saturated rings. The maximum Gasteiger partial charge on any atom is 0.119 e. The van der Waals surface area contributed by atoms with Crippen molar-refractivity contribution in [1.82, 2.24) is 4.98 Å². The summed E-state index contributed by atoms with van der Waals surface area (Å²) in [6, 6.07) is 4.09. The smallest absolute Gasteiger partial charge is 0.119 e. The molecule has 0 aliphatic heterocycles. The number of thioether (sulfide) groups is 1. The fraction of sp³-hybridized carbons (Fsp3) is 0.444. The molecule has 0 unspecified atom stereocenters. The summed E-state index contributed by atoms with van der Waals surface area (Å²) in [7, 11) is 1.92. The minimum absolute atomic E-state index is 1.06. The van der Waals surface area contributed by atoms with E-state index in [0.29, 0.717) is 0 Å². The van der Waals surface area contributed by atoms with Crippen LogP contribution in [0.25, 0.3) is 0 Å². The topological polar surface area (TPSA) is 24.9 Å². The van der Waals surface area contributed by atoms with Gasteiger partial charge in [-0.25, -0.2) is 4.98 Å². The lowest BCUT2D eigenvalue weighted by molar-refractivity contribution is 1.06. The first-order valence-corrected chi connectivity index (χ1v) is 5.04. The molecule has 0 bridgehead atoms. The van der Waals surface area contributed by atoms with Crippen LogP contribution in [0.2, 0.25) is 0 Å². The molecular weight excluding hydrogens is 168 g/mol. The van der Waals surface area contributed by atoms with Crippen molar-refractivity contribution in [2.24, 2.45) is 0 Å². The molecule has 0 radical (unpaired) electrons. The fourth-order valence-corrected chi connectivity index (χ4v) is 1.78. The lowest BCUT2D eigenvalue weighted by atomic mass is 10.3. The highest BCUT2D eigenvalue weighted by atomic mass is 32.2. The molecule has 0 spiro atoms. The largest absolute Gasteiger partial charge is 0.386 e. The molecule has 12 heavy (non-hydrogen) atoms. The van der Waals surface area contributed by atoms with Crippen LogP contribution in [0, 0.1) is 6.92 Å². The highest BCUT2D eigenvalue weighted by Crippen LogP contribution is 2.24. The molecule has 0 amide bonds. The van der Waals surface area contributed by atoms with E-state index < -0.39 is 0 Å². The monoisotopic (exact) mass is 182 g/mol. The quantitative estimate of drug-likeness (QED) is 0.727. The Morgan fingerprint density at radius 3 is 2.83 bits per heavy atom. The van der Waals surface area contributed by atoms with Crippen LogP contribution in [0.3, 0.4) is 0 Å². The van der Waals surface area contributed by atoms with Gasteiger partial charge in [0.2, 0.25) is 0 Å². The highest BCUT2D eigenvalue weighted by molar-refractivity contribution is 7.99. The van der Waals surface area contributed by atoms with Gasteiger partial charge in [-0.2, -0.15) is 0 Å². The molecule has 1 aromatic rings. The summed E-state index contributed by atoms with van der Waals surface area (Å²) in [4.78, 5) is 4.43. The number of nitrogens with one attached hydrogen (secondary N) is 1. The molecule has 0 aromatic carbocycles. The average molecular weight is 182 g/mol. The van der Waals surface area contributed by atoms with Crippen LogP contribution in [0.1, 0.15) is 12.6 Å². The van der Waals surface area contributed by atoms with Crippen molar-refractivity contribution in [2.75, 3.05) is 18.1 Å². The van der Waals surface area contributed by atoms with Crippen LogP contribution in [0.5, 0.6) is 0 Å². The van der Waals surface area contributed by atoms with Crippen molar-refractivity contribution in [3.05, 3.63) is 17.8 Å². The van der Waals surface area contributed by atoms with Crippen molar-refractivity contribution in [1.29, 1.82) is 0 Å². The Bertz CT molecular complexity index is 261. The van der Waals surface area contributed by atoms with Crippen molar-refractivity contribution >= 4 is 17.4 Å². The van der Waals surface area contributed by atoms with Gasteiger partial charge in [0.15, 0.2) is 0 Å². The van der Waals surface area contributed by atoms with Crippen LogP contribution in [0.15, 0.2) is 17.2 Å². The summed E-state index contributed by atoms with van der Waals surface area (Å²) in [5.41, 5.74) is 2.19. The number of rotatable bonds is 3. The molecule has 1 rings (SSSR count). The Morgan fingerprint density at radius 1 is 1.50 bits per heavy atom. The number of anilines is 1. The van der Waals surface area contributed by atoms with Gasteiger partial charge in [0.25, 0.3) is 0 Å². The van der Waals surface area contributed by atoms with Gasteiger partial charge in [0.05, 0.1) is 5.69 Å². The minimum atomic E-state index is 1.06. The lowest BCUT2D eigenvalue weighted by Gasteiger charge is -2.06. The Hall–Kier alpha value is -0.700. The molecule has 0 atom stereocenters. The van der Waals surface area contributed by atoms with Gasteiger partial charge < -0.3 is 5.32 Å². The zero-order valence-corrected chi connectivity index (χ0v) is 8.53. The molecule has 0 saturated heterocycles. The second-order valence-electron chi connectivity index (χ2n) is 2.49. The molecule has 0 saturated carbocycles. The van der Waals surface area contributed by atoms with Gasteiger partial charge in [0.1, 0.15) is 5.03 Å². The van der Waals surface area contributed by atoms with Crippen molar-refractivity contribution in [3.63, 3.8) is 0 Å². The second kappa shape index (κ2) is 4.36. The maximum absolute atomic E-state index is 4.43. The summed E-state index contributed by atoms with van der Waals surface area (Å²) >= 11 is 1.77. The van der Waals surface area contributed by atoms with Gasteiger partial charge in [-0.1, -0.05) is 6.92 Å². The Kier molecular flexibility index (Phi) is 3.41. The van der Waals surface area contributed by atoms with E-state index in [1.165, 1.54) is 0 Å². The summed E-state index contributed by atoms with van der Waals surface area (Å²) in [5, 5.41) is 4.22. The van der Waals surface area contributed by atoms with E-state index in [9.17, 15) is 0 Å². The molecule has 0 aliphatic rings. The van der Waals surface area contributed by atoms with Gasteiger partial charge in [-0.05, 0) is 24.8 Å². The van der Waals surface area contributed by atoms with E-state index in [4.69, 9.17) is 0 Å². The van der Waals surface area contributed by atoms with E-state index in [1.807, 2.05) is 20.0 Å². The normalized spacial score (nSPS) is 9.92. The molecule has 1 N–H and O–H groups in total. The van der Waals surface area contributed by atoms with E-state index in [1.54, 1.807) is 11.8 Å². The van der Waals surface area contributed by atoms with Crippen molar-refractivity contribution < 1.29 is 0 Å². The number of aromatic nitrogens is 1. The Balaban J connectivity index is 2.95. The third-order valence-electron chi connectivity index (χ3n) is 1.55. The summed E-state index contributed by atoms with van der Waals surface area (Å²) in [5.74, 6) is 1.06. The zero-order valence-electron chi connectivity index (χ0n) is 7.72. The first-order valence-electron chi connectivity index (χ1n) is 4.06. The van der Waals surface area contributed by atoms with E-state index >= 15 is 0 Å². The van der Waals surface area contributed by atoms with Gasteiger partial charge in [-0.3, -0.25) is 0 Å². The SMILES string of the molecule is CCSc1nc(C)ccc1NC.